The minimum absolute atomic E-state index is 0.0381. The Morgan fingerprint density at radius 2 is 2.10 bits per heavy atom. The van der Waals surface area contributed by atoms with Crippen LogP contribution >= 0.6 is 0 Å². The Balaban J connectivity index is 2.04. The van der Waals surface area contributed by atoms with Gasteiger partial charge >= 0.3 is 0 Å². The van der Waals surface area contributed by atoms with Crippen molar-refractivity contribution < 1.29 is 0 Å². The lowest BCUT2D eigenvalue weighted by molar-refractivity contribution is 0.376. The molecule has 5 heteroatoms. The monoisotopic (exact) mass is 278 g/mol. The van der Waals surface area contributed by atoms with Crippen LogP contribution in [-0.2, 0) is 0 Å². The third kappa shape index (κ3) is 3.39. The van der Waals surface area contributed by atoms with Gasteiger partial charge < -0.3 is 14.8 Å². The molecule has 5 nitrogen and oxygen atoms in total. The predicted octanol–water partition coefficient (Wildman–Crippen LogP) is 1.65. The quantitative estimate of drug-likeness (QED) is 0.890. The number of rotatable bonds is 5. The van der Waals surface area contributed by atoms with Crippen molar-refractivity contribution in [1.82, 2.24) is 14.9 Å². The number of aromatic nitrogens is 2. The van der Waals surface area contributed by atoms with Gasteiger partial charge in [0.15, 0.2) is 5.82 Å². The number of hydrogen-bond acceptors (Lipinski definition) is 4. The van der Waals surface area contributed by atoms with Crippen LogP contribution in [0.25, 0.3) is 0 Å². The third-order valence-electron chi connectivity index (χ3n) is 4.12. The molecular formula is C15H26N4O. The first-order valence-electron chi connectivity index (χ1n) is 7.60. The summed E-state index contributed by atoms with van der Waals surface area (Å²) in [5, 5.41) is 3.21. The maximum atomic E-state index is 12.4. The molecule has 2 heterocycles. The van der Waals surface area contributed by atoms with Crippen molar-refractivity contribution in [2.45, 2.75) is 39.2 Å². The summed E-state index contributed by atoms with van der Waals surface area (Å²) in [6.07, 6.45) is 7.04. The summed E-state index contributed by atoms with van der Waals surface area (Å²) in [6, 6.07) is 0.178. The Kier molecular flexibility index (Phi) is 5.17. The van der Waals surface area contributed by atoms with Crippen LogP contribution in [0.1, 0.15) is 39.2 Å². The Hall–Kier alpha value is -1.36. The predicted molar refractivity (Wildman–Crippen MR) is 82.4 cm³/mol. The SMILES string of the molecule is CNCCC1CCN(c2nccn(C(C)C)c2=O)CC1. The van der Waals surface area contributed by atoms with Gasteiger partial charge in [-0.3, -0.25) is 4.79 Å². The molecule has 20 heavy (non-hydrogen) atoms. The highest BCUT2D eigenvalue weighted by Gasteiger charge is 2.22. The highest BCUT2D eigenvalue weighted by molar-refractivity contribution is 5.36. The summed E-state index contributed by atoms with van der Waals surface area (Å²) in [5.74, 6) is 1.39. The van der Waals surface area contributed by atoms with E-state index in [0.29, 0.717) is 5.82 Å². The molecule has 0 bridgehead atoms. The van der Waals surface area contributed by atoms with Gasteiger partial charge in [-0.2, -0.15) is 0 Å². The van der Waals surface area contributed by atoms with Gasteiger partial charge in [0.1, 0.15) is 0 Å². The van der Waals surface area contributed by atoms with Gasteiger partial charge in [-0.1, -0.05) is 0 Å². The van der Waals surface area contributed by atoms with Crippen molar-refractivity contribution in [3.63, 3.8) is 0 Å². The molecular weight excluding hydrogens is 252 g/mol. The van der Waals surface area contributed by atoms with E-state index in [9.17, 15) is 4.79 Å². The summed E-state index contributed by atoms with van der Waals surface area (Å²) >= 11 is 0. The highest BCUT2D eigenvalue weighted by atomic mass is 16.1. The Labute approximate surface area is 121 Å². The largest absolute Gasteiger partial charge is 0.352 e. The first-order valence-corrected chi connectivity index (χ1v) is 7.60. The summed E-state index contributed by atoms with van der Waals surface area (Å²) in [5.41, 5.74) is 0.0381. The van der Waals surface area contributed by atoms with E-state index in [1.54, 1.807) is 17.0 Å². The lowest BCUT2D eigenvalue weighted by Gasteiger charge is -2.32. The van der Waals surface area contributed by atoms with Crippen LogP contribution in [0.2, 0.25) is 0 Å². The third-order valence-corrected chi connectivity index (χ3v) is 4.12. The molecule has 1 aliphatic rings. The number of hydrogen-bond donors (Lipinski definition) is 1. The zero-order valence-corrected chi connectivity index (χ0v) is 12.8. The number of anilines is 1. The fourth-order valence-electron chi connectivity index (χ4n) is 2.82. The smallest absolute Gasteiger partial charge is 0.293 e. The summed E-state index contributed by atoms with van der Waals surface area (Å²) in [6.45, 7) is 7.01. The average molecular weight is 278 g/mol. The number of piperidine rings is 1. The fraction of sp³-hybridized carbons (Fsp3) is 0.733. The van der Waals surface area contributed by atoms with Gasteiger partial charge in [0, 0.05) is 31.5 Å². The zero-order chi connectivity index (χ0) is 14.5. The molecule has 0 aromatic carbocycles. The molecule has 0 spiro atoms. The zero-order valence-electron chi connectivity index (χ0n) is 12.8. The van der Waals surface area contributed by atoms with Crippen LogP contribution in [0.4, 0.5) is 5.82 Å². The number of nitrogens with zero attached hydrogens (tertiary/aromatic N) is 3. The van der Waals surface area contributed by atoms with Crippen LogP contribution in [0.15, 0.2) is 17.2 Å². The van der Waals surface area contributed by atoms with Crippen LogP contribution in [0.3, 0.4) is 0 Å². The maximum Gasteiger partial charge on any atom is 0.293 e. The maximum absolute atomic E-state index is 12.4. The minimum atomic E-state index is 0.0381. The van der Waals surface area contributed by atoms with Crippen molar-refractivity contribution in [2.75, 3.05) is 31.6 Å². The van der Waals surface area contributed by atoms with Gasteiger partial charge in [0.05, 0.1) is 0 Å². The van der Waals surface area contributed by atoms with E-state index in [0.717, 1.165) is 38.4 Å². The lowest BCUT2D eigenvalue weighted by atomic mass is 9.93. The van der Waals surface area contributed by atoms with E-state index < -0.39 is 0 Å². The molecule has 0 saturated carbocycles. The van der Waals surface area contributed by atoms with Crippen molar-refractivity contribution in [1.29, 1.82) is 0 Å². The second kappa shape index (κ2) is 6.88. The molecule has 1 aromatic heterocycles. The van der Waals surface area contributed by atoms with Gasteiger partial charge in [0.2, 0.25) is 0 Å². The van der Waals surface area contributed by atoms with Gasteiger partial charge in [-0.25, -0.2) is 4.98 Å². The molecule has 1 aliphatic heterocycles. The summed E-state index contributed by atoms with van der Waals surface area (Å²) < 4.78 is 1.76. The molecule has 1 N–H and O–H groups in total. The fourth-order valence-corrected chi connectivity index (χ4v) is 2.82. The Morgan fingerprint density at radius 3 is 2.70 bits per heavy atom. The normalized spacial score (nSPS) is 16.9. The van der Waals surface area contributed by atoms with Gasteiger partial charge in [-0.15, -0.1) is 0 Å². The van der Waals surface area contributed by atoms with Crippen molar-refractivity contribution >= 4 is 5.82 Å². The lowest BCUT2D eigenvalue weighted by Crippen LogP contribution is -2.39. The standard InChI is InChI=1S/C15H26N4O/c1-12(2)19-11-8-17-14(15(19)20)18-9-5-13(6-10-18)4-7-16-3/h8,11-13,16H,4-7,9-10H2,1-3H3. The second-order valence-corrected chi connectivity index (χ2v) is 5.88. The van der Waals surface area contributed by atoms with E-state index in [4.69, 9.17) is 0 Å². The van der Waals surface area contributed by atoms with E-state index in [1.165, 1.54) is 6.42 Å². The molecule has 0 aliphatic carbocycles. The number of nitrogens with one attached hydrogen (secondary N) is 1. The molecule has 112 valence electrons. The van der Waals surface area contributed by atoms with Crippen LogP contribution in [0, 0.1) is 5.92 Å². The van der Waals surface area contributed by atoms with Crippen molar-refractivity contribution in [3.8, 4) is 0 Å². The molecule has 0 amide bonds. The summed E-state index contributed by atoms with van der Waals surface area (Å²) in [7, 11) is 2.00. The first-order chi connectivity index (χ1) is 9.63. The van der Waals surface area contributed by atoms with Crippen molar-refractivity contribution in [2.24, 2.45) is 5.92 Å². The van der Waals surface area contributed by atoms with Gasteiger partial charge in [0.25, 0.3) is 5.56 Å². The first kappa shape index (κ1) is 15.0. The Morgan fingerprint density at radius 1 is 1.40 bits per heavy atom. The molecule has 1 aromatic rings. The van der Waals surface area contributed by atoms with E-state index >= 15 is 0 Å². The second-order valence-electron chi connectivity index (χ2n) is 5.88. The van der Waals surface area contributed by atoms with E-state index in [2.05, 4.69) is 15.2 Å². The average Bonchev–Trinajstić information content (AvgIpc) is 2.46. The Bertz CT molecular complexity index is 475. The van der Waals surface area contributed by atoms with Crippen molar-refractivity contribution in [3.05, 3.63) is 22.7 Å². The topological polar surface area (TPSA) is 50.2 Å². The highest BCUT2D eigenvalue weighted by Crippen LogP contribution is 2.22. The van der Waals surface area contributed by atoms with Crippen LogP contribution in [0.5, 0.6) is 0 Å². The van der Waals surface area contributed by atoms with E-state index in [-0.39, 0.29) is 11.6 Å². The summed E-state index contributed by atoms with van der Waals surface area (Å²) in [4.78, 5) is 18.9. The molecule has 1 fully saturated rings. The molecule has 2 rings (SSSR count). The molecule has 0 atom stereocenters. The molecule has 1 saturated heterocycles. The van der Waals surface area contributed by atoms with Gasteiger partial charge in [-0.05, 0) is 52.6 Å². The molecule has 0 radical (unpaired) electrons. The van der Waals surface area contributed by atoms with E-state index in [1.807, 2.05) is 20.9 Å². The van der Waals surface area contributed by atoms with Crippen LogP contribution in [-0.4, -0.2) is 36.2 Å². The molecule has 0 unspecified atom stereocenters. The van der Waals surface area contributed by atoms with Crippen LogP contribution < -0.4 is 15.8 Å². The minimum Gasteiger partial charge on any atom is -0.352 e.